The number of guanidine groups is 1. The lowest BCUT2D eigenvalue weighted by molar-refractivity contribution is -0.0512. The molecule has 0 spiro atoms. The molecule has 5 nitrogen and oxygen atoms in total. The summed E-state index contributed by atoms with van der Waals surface area (Å²) >= 11 is 0. The lowest BCUT2D eigenvalue weighted by atomic mass is 9.67. The van der Waals surface area contributed by atoms with E-state index in [0.29, 0.717) is 17.9 Å². The molecule has 0 saturated heterocycles. The van der Waals surface area contributed by atoms with Crippen molar-refractivity contribution >= 4 is 29.9 Å². The monoisotopic (exact) mass is 483 g/mol. The molecule has 0 atom stereocenters. The quantitative estimate of drug-likeness (QED) is 0.331. The largest absolute Gasteiger partial charge is 0.493 e. The Morgan fingerprint density at radius 2 is 2.00 bits per heavy atom. The Labute approximate surface area is 171 Å². The van der Waals surface area contributed by atoms with Gasteiger partial charge in [-0.25, -0.2) is 0 Å². The average molecular weight is 483 g/mol. The minimum atomic E-state index is -2.89. The molecule has 0 radical (unpaired) electrons. The number of rotatable bonds is 8. The standard InChI is InChI=1S/C18H27F2N3O2.HI/c1-4-18(8-5-9-18)12-23-17(21-2)22-11-13-6-7-14(24-3)15(10-13)25-16(19)20;/h6-7,10,16H,4-5,8-9,11-12H2,1-3H3,(H2,21,22,23);1H. The van der Waals surface area contributed by atoms with Gasteiger partial charge in [-0.2, -0.15) is 8.78 Å². The first kappa shape index (κ1) is 22.7. The molecule has 1 aliphatic rings. The molecule has 8 heteroatoms. The molecular formula is C18H28F2IN3O2. The van der Waals surface area contributed by atoms with Gasteiger partial charge in [0.2, 0.25) is 0 Å². The average Bonchev–Trinajstić information content (AvgIpc) is 2.56. The summed E-state index contributed by atoms with van der Waals surface area (Å²) in [6, 6.07) is 4.97. The number of hydrogen-bond acceptors (Lipinski definition) is 3. The van der Waals surface area contributed by atoms with Gasteiger partial charge in [0, 0.05) is 20.1 Å². The fraction of sp³-hybridized carbons (Fsp3) is 0.611. The van der Waals surface area contributed by atoms with Gasteiger partial charge in [-0.1, -0.05) is 19.4 Å². The van der Waals surface area contributed by atoms with Crippen LogP contribution in [-0.4, -0.2) is 33.3 Å². The highest BCUT2D eigenvalue weighted by Crippen LogP contribution is 2.43. The van der Waals surface area contributed by atoms with Crippen LogP contribution in [0.5, 0.6) is 11.5 Å². The van der Waals surface area contributed by atoms with Gasteiger partial charge in [0.1, 0.15) is 0 Å². The Morgan fingerprint density at radius 3 is 2.50 bits per heavy atom. The third kappa shape index (κ3) is 6.14. The SMILES string of the molecule is CCC1(CNC(=NC)NCc2ccc(OC)c(OC(F)F)c2)CCC1.I. The fourth-order valence-electron chi connectivity index (χ4n) is 3.03. The molecule has 26 heavy (non-hydrogen) atoms. The molecule has 0 unspecified atom stereocenters. The van der Waals surface area contributed by atoms with E-state index < -0.39 is 6.61 Å². The summed E-state index contributed by atoms with van der Waals surface area (Å²) in [7, 11) is 3.13. The fourth-order valence-corrected chi connectivity index (χ4v) is 3.03. The number of alkyl halides is 2. The zero-order valence-electron chi connectivity index (χ0n) is 15.5. The van der Waals surface area contributed by atoms with Crippen LogP contribution in [0.1, 0.15) is 38.2 Å². The number of methoxy groups -OCH3 is 1. The van der Waals surface area contributed by atoms with Crippen LogP contribution in [0.2, 0.25) is 0 Å². The van der Waals surface area contributed by atoms with Crippen molar-refractivity contribution in [3.05, 3.63) is 23.8 Å². The minimum Gasteiger partial charge on any atom is -0.493 e. The van der Waals surface area contributed by atoms with Crippen LogP contribution in [0.25, 0.3) is 0 Å². The Kier molecular flexibility index (Phi) is 9.38. The summed E-state index contributed by atoms with van der Waals surface area (Å²) < 4.78 is 34.5. The highest BCUT2D eigenvalue weighted by atomic mass is 127. The number of ether oxygens (including phenoxy) is 2. The molecule has 0 heterocycles. The molecule has 1 aliphatic carbocycles. The molecule has 0 aliphatic heterocycles. The third-order valence-corrected chi connectivity index (χ3v) is 4.92. The zero-order chi connectivity index (χ0) is 18.3. The van der Waals surface area contributed by atoms with E-state index in [4.69, 9.17) is 4.74 Å². The minimum absolute atomic E-state index is 0. The lowest BCUT2D eigenvalue weighted by Crippen LogP contribution is -2.46. The Hall–Kier alpha value is -1.32. The van der Waals surface area contributed by atoms with Crippen LogP contribution in [0.15, 0.2) is 23.2 Å². The highest BCUT2D eigenvalue weighted by molar-refractivity contribution is 14.0. The zero-order valence-corrected chi connectivity index (χ0v) is 17.8. The lowest BCUT2D eigenvalue weighted by Gasteiger charge is -2.41. The molecule has 0 aromatic heterocycles. The van der Waals surface area contributed by atoms with Crippen LogP contribution < -0.4 is 20.1 Å². The van der Waals surface area contributed by atoms with Crippen molar-refractivity contribution in [2.24, 2.45) is 10.4 Å². The Morgan fingerprint density at radius 1 is 1.27 bits per heavy atom. The second-order valence-corrected chi connectivity index (χ2v) is 6.35. The Balaban J connectivity index is 0.00000338. The molecule has 0 amide bonds. The van der Waals surface area contributed by atoms with Gasteiger partial charge in [-0.3, -0.25) is 4.99 Å². The molecular weight excluding hydrogens is 455 g/mol. The molecule has 148 valence electrons. The number of halogens is 3. The molecule has 2 N–H and O–H groups in total. The normalized spacial score (nSPS) is 15.7. The predicted octanol–water partition coefficient (Wildman–Crippen LogP) is 4.16. The maximum Gasteiger partial charge on any atom is 0.387 e. The topological polar surface area (TPSA) is 54.9 Å². The van der Waals surface area contributed by atoms with E-state index in [0.717, 1.165) is 18.5 Å². The van der Waals surface area contributed by atoms with Gasteiger partial charge in [-0.05, 0) is 42.4 Å². The maximum absolute atomic E-state index is 12.5. The number of nitrogens with one attached hydrogen (secondary N) is 2. The second kappa shape index (κ2) is 10.7. The number of benzene rings is 1. The van der Waals surface area contributed by atoms with E-state index in [1.807, 2.05) is 0 Å². The van der Waals surface area contributed by atoms with Crippen molar-refractivity contribution in [3.63, 3.8) is 0 Å². The van der Waals surface area contributed by atoms with Gasteiger partial charge in [0.15, 0.2) is 17.5 Å². The molecule has 2 rings (SSSR count). The first-order chi connectivity index (χ1) is 12.0. The van der Waals surface area contributed by atoms with Gasteiger partial charge >= 0.3 is 6.61 Å². The maximum atomic E-state index is 12.5. The van der Waals surface area contributed by atoms with E-state index in [1.54, 1.807) is 25.2 Å². The summed E-state index contributed by atoms with van der Waals surface area (Å²) in [6.07, 6.45) is 4.95. The van der Waals surface area contributed by atoms with Gasteiger partial charge in [0.05, 0.1) is 7.11 Å². The third-order valence-electron chi connectivity index (χ3n) is 4.92. The van der Waals surface area contributed by atoms with Crippen LogP contribution in [-0.2, 0) is 6.54 Å². The molecule has 1 fully saturated rings. The van der Waals surface area contributed by atoms with Crippen LogP contribution in [0, 0.1) is 5.41 Å². The molecule has 1 aromatic rings. The summed E-state index contributed by atoms with van der Waals surface area (Å²) in [4.78, 5) is 4.22. The van der Waals surface area contributed by atoms with Crippen molar-refractivity contribution < 1.29 is 18.3 Å². The molecule has 1 saturated carbocycles. The van der Waals surface area contributed by atoms with E-state index in [9.17, 15) is 8.78 Å². The molecule has 0 bridgehead atoms. The summed E-state index contributed by atoms with van der Waals surface area (Å²) in [6.45, 7) is 0.673. The predicted molar refractivity (Wildman–Crippen MR) is 110 cm³/mol. The van der Waals surface area contributed by atoms with Gasteiger partial charge < -0.3 is 20.1 Å². The number of nitrogens with zero attached hydrogens (tertiary/aromatic N) is 1. The first-order valence-corrected chi connectivity index (χ1v) is 8.58. The first-order valence-electron chi connectivity index (χ1n) is 8.58. The number of hydrogen-bond donors (Lipinski definition) is 2. The van der Waals surface area contributed by atoms with E-state index in [-0.39, 0.29) is 35.5 Å². The summed E-state index contributed by atoms with van der Waals surface area (Å²) in [5, 5.41) is 6.57. The Bertz CT molecular complexity index is 590. The van der Waals surface area contributed by atoms with Crippen molar-refractivity contribution in [1.82, 2.24) is 10.6 Å². The van der Waals surface area contributed by atoms with Crippen molar-refractivity contribution in [2.45, 2.75) is 45.8 Å². The van der Waals surface area contributed by atoms with Crippen LogP contribution in [0.3, 0.4) is 0 Å². The van der Waals surface area contributed by atoms with Crippen LogP contribution >= 0.6 is 24.0 Å². The second-order valence-electron chi connectivity index (χ2n) is 6.35. The van der Waals surface area contributed by atoms with E-state index >= 15 is 0 Å². The van der Waals surface area contributed by atoms with Gasteiger partial charge in [0.25, 0.3) is 0 Å². The van der Waals surface area contributed by atoms with E-state index in [1.165, 1.54) is 26.4 Å². The van der Waals surface area contributed by atoms with Crippen molar-refractivity contribution in [1.29, 1.82) is 0 Å². The summed E-state index contributed by atoms with van der Waals surface area (Å²) in [5.41, 5.74) is 1.18. The van der Waals surface area contributed by atoms with Crippen molar-refractivity contribution in [2.75, 3.05) is 20.7 Å². The van der Waals surface area contributed by atoms with E-state index in [2.05, 4.69) is 27.3 Å². The smallest absolute Gasteiger partial charge is 0.387 e. The highest BCUT2D eigenvalue weighted by Gasteiger charge is 2.34. The van der Waals surface area contributed by atoms with Crippen molar-refractivity contribution in [3.8, 4) is 11.5 Å². The van der Waals surface area contributed by atoms with Crippen LogP contribution in [0.4, 0.5) is 8.78 Å². The summed E-state index contributed by atoms with van der Waals surface area (Å²) in [5.74, 6) is 1.01. The van der Waals surface area contributed by atoms with Gasteiger partial charge in [-0.15, -0.1) is 24.0 Å². The number of aliphatic imine (C=N–C) groups is 1. The molecule has 1 aromatic carbocycles.